The Bertz CT molecular complexity index is 1410. The number of para-hydroxylation sites is 1. The number of aromatic hydroxyl groups is 1. The summed E-state index contributed by atoms with van der Waals surface area (Å²) < 4.78 is 0. The number of nitrogens with zero attached hydrogens (tertiary/aromatic N) is 4. The average Bonchev–Trinajstić information content (AvgIpc) is 3.24. The number of piperazine rings is 1. The Morgan fingerprint density at radius 1 is 0.913 bits per heavy atom. The van der Waals surface area contributed by atoms with Gasteiger partial charge in [0.2, 0.25) is 5.91 Å². The predicted molar refractivity (Wildman–Crippen MR) is 177 cm³/mol. The summed E-state index contributed by atoms with van der Waals surface area (Å²) in [6.07, 6.45) is 7.25. The van der Waals surface area contributed by atoms with Crippen molar-refractivity contribution in [1.82, 2.24) is 19.6 Å². The van der Waals surface area contributed by atoms with Gasteiger partial charge in [-0.3, -0.25) is 9.69 Å². The normalized spacial score (nSPS) is 23.8. The number of benzene rings is 2. The van der Waals surface area contributed by atoms with E-state index in [9.17, 15) is 24.6 Å². The number of phenols is 1. The van der Waals surface area contributed by atoms with E-state index in [1.54, 1.807) is 0 Å². The Labute approximate surface area is 272 Å². The van der Waals surface area contributed by atoms with Crippen LogP contribution >= 0.6 is 0 Å². The van der Waals surface area contributed by atoms with Crippen molar-refractivity contribution < 1.29 is 24.6 Å². The number of fused-ring (bicyclic) bond motifs is 1. The van der Waals surface area contributed by atoms with E-state index in [1.807, 2.05) is 60.0 Å². The lowest BCUT2D eigenvalue weighted by Gasteiger charge is -2.46. The zero-order valence-electron chi connectivity index (χ0n) is 27.3. The van der Waals surface area contributed by atoms with Crippen LogP contribution in [0.2, 0.25) is 0 Å². The van der Waals surface area contributed by atoms with Gasteiger partial charge in [-0.2, -0.15) is 0 Å². The van der Waals surface area contributed by atoms with E-state index in [2.05, 4.69) is 10.2 Å². The van der Waals surface area contributed by atoms with Crippen molar-refractivity contribution in [2.24, 2.45) is 5.92 Å². The third kappa shape index (κ3) is 6.82. The molecule has 3 aliphatic heterocycles. The molecule has 10 heteroatoms. The number of phenolic OH excluding ortho intramolecular Hbond substituents is 1. The van der Waals surface area contributed by atoms with Gasteiger partial charge in [0, 0.05) is 63.1 Å². The van der Waals surface area contributed by atoms with E-state index < -0.39 is 18.1 Å². The number of anilines is 1. The summed E-state index contributed by atoms with van der Waals surface area (Å²) in [6, 6.07) is 11.3. The number of hydrogen-bond donors (Lipinski definition) is 3. The first-order chi connectivity index (χ1) is 22.2. The summed E-state index contributed by atoms with van der Waals surface area (Å²) in [6.45, 7) is 7.44. The predicted octanol–water partition coefficient (Wildman–Crippen LogP) is 5.25. The highest BCUT2D eigenvalue weighted by molar-refractivity contribution is 5.91. The number of likely N-dealkylation sites (tertiary alicyclic amines) is 1. The molecule has 3 heterocycles. The van der Waals surface area contributed by atoms with Crippen LogP contribution in [0.3, 0.4) is 0 Å². The summed E-state index contributed by atoms with van der Waals surface area (Å²) in [5.74, 6) is -0.393. The smallest absolute Gasteiger partial charge is 0.407 e. The van der Waals surface area contributed by atoms with Gasteiger partial charge in [0.15, 0.2) is 0 Å². The van der Waals surface area contributed by atoms with Crippen LogP contribution in [-0.4, -0.2) is 105 Å². The van der Waals surface area contributed by atoms with Crippen LogP contribution in [0.4, 0.5) is 15.3 Å². The SMILES string of the molecule is Cc1cc(CC(C(=O)N2CCN(C3CCCCC3)CC2)[C@H]2CC(N3CCc4ccccc4NC3=O)CCN2C(=O)O)cc(C)c1O. The molecule has 3 atom stereocenters. The molecule has 0 radical (unpaired) electrons. The Hall–Kier alpha value is -3.79. The summed E-state index contributed by atoms with van der Waals surface area (Å²) >= 11 is 0. The lowest BCUT2D eigenvalue weighted by Crippen LogP contribution is -2.60. The maximum atomic E-state index is 14.6. The summed E-state index contributed by atoms with van der Waals surface area (Å²) in [5.41, 5.74) is 4.27. The highest BCUT2D eigenvalue weighted by Crippen LogP contribution is 2.34. The van der Waals surface area contributed by atoms with Crippen LogP contribution < -0.4 is 5.32 Å². The van der Waals surface area contributed by atoms with Gasteiger partial charge in [0.1, 0.15) is 5.75 Å². The van der Waals surface area contributed by atoms with Crippen molar-refractivity contribution in [2.45, 2.75) is 89.8 Å². The van der Waals surface area contributed by atoms with E-state index in [0.29, 0.717) is 51.4 Å². The number of rotatable bonds is 6. The van der Waals surface area contributed by atoms with E-state index in [-0.39, 0.29) is 30.3 Å². The van der Waals surface area contributed by atoms with E-state index in [0.717, 1.165) is 41.0 Å². The average molecular weight is 632 g/mol. The van der Waals surface area contributed by atoms with Crippen molar-refractivity contribution >= 4 is 23.7 Å². The second kappa shape index (κ2) is 13.9. The maximum Gasteiger partial charge on any atom is 0.407 e. The molecule has 0 aromatic heterocycles. The molecule has 0 bridgehead atoms. The largest absolute Gasteiger partial charge is 0.507 e. The van der Waals surface area contributed by atoms with E-state index in [4.69, 9.17) is 0 Å². The molecule has 2 aromatic carbocycles. The molecule has 10 nitrogen and oxygen atoms in total. The summed E-state index contributed by atoms with van der Waals surface area (Å²) in [4.78, 5) is 48.6. The Morgan fingerprint density at radius 2 is 1.61 bits per heavy atom. The number of hydrogen-bond acceptors (Lipinski definition) is 5. The number of aryl methyl sites for hydroxylation is 2. The number of carbonyl (C=O) groups excluding carboxylic acids is 2. The third-order valence-electron chi connectivity index (χ3n) is 11.0. The van der Waals surface area contributed by atoms with Gasteiger partial charge in [-0.05, 0) is 80.7 Å². The fourth-order valence-electron chi connectivity index (χ4n) is 8.41. The standard InChI is InChI=1S/C36H49N5O5/c1-24-20-26(21-25(2)33(24)42)22-30(34(43)39-18-16-38(17-19-39)28-9-4-3-5-10-28)32-23-29(13-15-41(32)36(45)46)40-14-12-27-8-6-7-11-31(27)37-35(40)44/h6-8,11,20-21,28-30,32,42H,3-5,9-10,12-19,22-23H2,1-2H3,(H,37,44)(H,45,46)/t29?,30?,32-/m1/s1. The summed E-state index contributed by atoms with van der Waals surface area (Å²) in [5, 5.41) is 23.9. The minimum atomic E-state index is -1.03. The lowest BCUT2D eigenvalue weighted by atomic mass is 9.82. The van der Waals surface area contributed by atoms with Crippen LogP contribution in [0.5, 0.6) is 5.75 Å². The number of nitrogens with one attached hydrogen (secondary N) is 1. The Morgan fingerprint density at radius 3 is 2.30 bits per heavy atom. The highest BCUT2D eigenvalue weighted by Gasteiger charge is 2.44. The van der Waals surface area contributed by atoms with Crippen molar-refractivity contribution in [2.75, 3.05) is 44.6 Å². The molecule has 3 fully saturated rings. The van der Waals surface area contributed by atoms with Crippen LogP contribution in [0, 0.1) is 19.8 Å². The molecule has 6 rings (SSSR count). The fraction of sp³-hybridized carbons (Fsp3) is 0.583. The van der Waals surface area contributed by atoms with Crippen molar-refractivity contribution in [1.29, 1.82) is 0 Å². The van der Waals surface area contributed by atoms with Crippen molar-refractivity contribution in [3.63, 3.8) is 0 Å². The van der Waals surface area contributed by atoms with Gasteiger partial charge in [-0.15, -0.1) is 0 Å². The van der Waals surface area contributed by atoms with Crippen LogP contribution in [0.15, 0.2) is 36.4 Å². The molecule has 2 unspecified atom stereocenters. The van der Waals surface area contributed by atoms with Gasteiger partial charge in [0.25, 0.3) is 0 Å². The third-order valence-corrected chi connectivity index (χ3v) is 11.0. The van der Waals surface area contributed by atoms with Gasteiger partial charge >= 0.3 is 12.1 Å². The topological polar surface area (TPSA) is 117 Å². The van der Waals surface area contributed by atoms with Gasteiger partial charge in [0.05, 0.1) is 5.92 Å². The van der Waals surface area contributed by atoms with Gasteiger partial charge < -0.3 is 30.2 Å². The van der Waals surface area contributed by atoms with Crippen molar-refractivity contribution in [3.05, 3.63) is 58.7 Å². The fourth-order valence-corrected chi connectivity index (χ4v) is 8.41. The van der Waals surface area contributed by atoms with Crippen molar-refractivity contribution in [3.8, 4) is 5.75 Å². The number of piperidine rings is 1. The molecule has 2 aromatic rings. The van der Waals surface area contributed by atoms with E-state index in [1.165, 1.54) is 37.0 Å². The lowest BCUT2D eigenvalue weighted by molar-refractivity contribution is -0.140. The molecule has 1 saturated carbocycles. The quantitative estimate of drug-likeness (QED) is 0.401. The minimum Gasteiger partial charge on any atom is -0.507 e. The molecular formula is C36H49N5O5. The van der Waals surface area contributed by atoms with Crippen LogP contribution in [-0.2, 0) is 17.6 Å². The number of amides is 4. The first-order valence-corrected chi connectivity index (χ1v) is 17.2. The zero-order chi connectivity index (χ0) is 32.4. The van der Waals surface area contributed by atoms with Gasteiger partial charge in [-0.25, -0.2) is 9.59 Å². The molecule has 3 N–H and O–H groups in total. The molecule has 1 aliphatic carbocycles. The molecule has 0 spiro atoms. The van der Waals surface area contributed by atoms with Gasteiger partial charge in [-0.1, -0.05) is 49.6 Å². The maximum absolute atomic E-state index is 14.6. The molecular weight excluding hydrogens is 582 g/mol. The highest BCUT2D eigenvalue weighted by atomic mass is 16.4. The molecule has 2 saturated heterocycles. The molecule has 46 heavy (non-hydrogen) atoms. The zero-order valence-corrected chi connectivity index (χ0v) is 27.3. The Kier molecular flexibility index (Phi) is 9.73. The number of carboxylic acid groups (broad SMARTS) is 1. The second-order valence-corrected chi connectivity index (χ2v) is 13.8. The second-order valence-electron chi connectivity index (χ2n) is 13.8. The monoisotopic (exact) mass is 631 g/mol. The van der Waals surface area contributed by atoms with Crippen LogP contribution in [0.1, 0.15) is 67.2 Å². The first-order valence-electron chi connectivity index (χ1n) is 17.2. The van der Waals surface area contributed by atoms with Crippen LogP contribution in [0.25, 0.3) is 0 Å². The summed E-state index contributed by atoms with van der Waals surface area (Å²) in [7, 11) is 0. The number of urea groups is 1. The minimum absolute atomic E-state index is 0.0173. The first kappa shape index (κ1) is 32.2. The number of carbonyl (C=O) groups is 3. The molecule has 4 amide bonds. The van der Waals surface area contributed by atoms with E-state index >= 15 is 0 Å². The Balaban J connectivity index is 1.26. The molecule has 248 valence electrons. The molecule has 4 aliphatic rings.